The number of hydrogen-bond donors (Lipinski definition) is 1. The number of nitrogens with zero attached hydrogens (tertiary/aromatic N) is 1. The molecule has 1 aromatic carbocycles. The van der Waals surface area contributed by atoms with Crippen LogP contribution in [0.3, 0.4) is 0 Å². The molecule has 1 aromatic rings. The van der Waals surface area contributed by atoms with Gasteiger partial charge in [0.1, 0.15) is 0 Å². The van der Waals surface area contributed by atoms with Crippen molar-refractivity contribution in [2.24, 2.45) is 5.92 Å². The number of aryl methyl sites for hydroxylation is 1. The minimum Gasteiger partial charge on any atom is -0.325 e. The monoisotopic (exact) mass is 348 g/mol. The highest BCUT2D eigenvalue weighted by Crippen LogP contribution is 2.26. The van der Waals surface area contributed by atoms with Crippen LogP contribution in [0.4, 0.5) is 9.57 Å². The highest BCUT2D eigenvalue weighted by atomic mass is 35.5. The van der Waals surface area contributed by atoms with Gasteiger partial charge < -0.3 is 5.32 Å². The fraction of sp³-hybridized carbons (Fsp3) is 0.500. The van der Waals surface area contributed by atoms with Crippen LogP contribution in [0.15, 0.2) is 18.2 Å². The van der Waals surface area contributed by atoms with Gasteiger partial charge in [0, 0.05) is 19.5 Å². The molecule has 8 heteroatoms. The number of rotatable bonds is 4. The van der Waals surface area contributed by atoms with E-state index in [1.165, 1.54) is 0 Å². The summed E-state index contributed by atoms with van der Waals surface area (Å²) in [6.07, 6.45) is 1.21. The fourth-order valence-electron chi connectivity index (χ4n) is 2.53. The lowest BCUT2D eigenvalue weighted by atomic mass is 9.94. The van der Waals surface area contributed by atoms with E-state index in [9.17, 15) is 17.1 Å². The van der Waals surface area contributed by atoms with E-state index in [0.717, 1.165) is 9.87 Å². The molecular formula is C14H18ClFN2O3S. The highest BCUT2D eigenvalue weighted by molar-refractivity contribution is 7.83. The van der Waals surface area contributed by atoms with Crippen molar-refractivity contribution in [3.05, 3.63) is 28.8 Å². The first-order valence-corrected chi connectivity index (χ1v) is 8.73. The van der Waals surface area contributed by atoms with E-state index in [1.807, 2.05) is 13.0 Å². The molecule has 1 amide bonds. The molecule has 2 rings (SSSR count). The zero-order valence-electron chi connectivity index (χ0n) is 12.2. The van der Waals surface area contributed by atoms with Crippen molar-refractivity contribution in [2.75, 3.05) is 18.4 Å². The van der Waals surface area contributed by atoms with Gasteiger partial charge >= 0.3 is 10.4 Å². The van der Waals surface area contributed by atoms with Gasteiger partial charge in [0.25, 0.3) is 0 Å². The second-order valence-electron chi connectivity index (χ2n) is 5.52. The average molecular weight is 349 g/mol. The molecule has 1 aliphatic rings. The van der Waals surface area contributed by atoms with Crippen molar-refractivity contribution in [1.29, 1.82) is 0 Å². The Hall–Kier alpha value is -1.18. The second kappa shape index (κ2) is 6.93. The Bertz CT molecular complexity index is 658. The van der Waals surface area contributed by atoms with Crippen LogP contribution in [-0.4, -0.2) is 31.7 Å². The zero-order chi connectivity index (χ0) is 16.3. The van der Waals surface area contributed by atoms with E-state index in [2.05, 4.69) is 5.32 Å². The van der Waals surface area contributed by atoms with Crippen molar-refractivity contribution >= 4 is 33.6 Å². The van der Waals surface area contributed by atoms with Crippen LogP contribution in [0.5, 0.6) is 0 Å². The third-order valence-corrected chi connectivity index (χ3v) is 5.06. The highest BCUT2D eigenvalue weighted by Gasteiger charge is 2.28. The van der Waals surface area contributed by atoms with Gasteiger partial charge in [-0.3, -0.25) is 4.79 Å². The normalized spacial score (nSPS) is 17.4. The predicted octanol–water partition coefficient (Wildman–Crippen LogP) is 2.90. The number of carbonyl (C=O) groups is 1. The van der Waals surface area contributed by atoms with Crippen molar-refractivity contribution in [2.45, 2.75) is 26.2 Å². The molecule has 0 radical (unpaired) electrons. The summed E-state index contributed by atoms with van der Waals surface area (Å²) in [4.78, 5) is 12.0. The van der Waals surface area contributed by atoms with E-state index >= 15 is 0 Å². The summed E-state index contributed by atoms with van der Waals surface area (Å²) < 4.78 is 35.2. The van der Waals surface area contributed by atoms with Gasteiger partial charge in [0.2, 0.25) is 5.91 Å². The summed E-state index contributed by atoms with van der Waals surface area (Å²) in [6, 6.07) is 5.36. The number of nitrogens with one attached hydrogen (secondary N) is 1. The molecule has 5 nitrogen and oxygen atoms in total. The van der Waals surface area contributed by atoms with E-state index < -0.39 is 10.4 Å². The molecule has 1 saturated heterocycles. The van der Waals surface area contributed by atoms with Gasteiger partial charge in [0.05, 0.1) is 10.7 Å². The summed E-state index contributed by atoms with van der Waals surface area (Å²) in [7, 11) is -4.62. The Morgan fingerprint density at radius 3 is 2.64 bits per heavy atom. The number of halogens is 2. The minimum atomic E-state index is -4.62. The molecule has 0 spiro atoms. The fourth-order valence-corrected chi connectivity index (χ4v) is 3.34. The summed E-state index contributed by atoms with van der Waals surface area (Å²) in [6.45, 7) is 2.13. The van der Waals surface area contributed by atoms with E-state index in [1.54, 1.807) is 12.1 Å². The van der Waals surface area contributed by atoms with Gasteiger partial charge in [-0.05, 0) is 43.4 Å². The van der Waals surface area contributed by atoms with Crippen molar-refractivity contribution < 1.29 is 17.1 Å². The molecule has 1 heterocycles. The lowest BCUT2D eigenvalue weighted by Gasteiger charge is -2.28. The van der Waals surface area contributed by atoms with E-state index in [-0.39, 0.29) is 31.3 Å². The van der Waals surface area contributed by atoms with Crippen LogP contribution >= 0.6 is 11.6 Å². The largest absolute Gasteiger partial charge is 0.374 e. The van der Waals surface area contributed by atoms with Crippen molar-refractivity contribution in [3.63, 3.8) is 0 Å². The van der Waals surface area contributed by atoms with E-state index in [4.69, 9.17) is 11.6 Å². The Kier molecular flexibility index (Phi) is 5.41. The Morgan fingerprint density at radius 2 is 2.05 bits per heavy atom. The van der Waals surface area contributed by atoms with Crippen LogP contribution < -0.4 is 5.32 Å². The maximum atomic E-state index is 12.8. The molecule has 1 aliphatic heterocycles. The Morgan fingerprint density at radius 1 is 1.41 bits per heavy atom. The van der Waals surface area contributed by atoms with Gasteiger partial charge in [-0.2, -0.15) is 12.7 Å². The average Bonchev–Trinajstić information content (AvgIpc) is 2.42. The third kappa shape index (κ3) is 4.66. The van der Waals surface area contributed by atoms with Crippen molar-refractivity contribution in [3.8, 4) is 0 Å². The van der Waals surface area contributed by atoms with Crippen molar-refractivity contribution in [1.82, 2.24) is 4.31 Å². The number of piperidine rings is 1. The first-order chi connectivity index (χ1) is 10.3. The second-order valence-corrected chi connectivity index (χ2v) is 7.27. The molecule has 122 valence electrons. The summed E-state index contributed by atoms with van der Waals surface area (Å²) in [5.74, 6) is -0.129. The number of amides is 1. The van der Waals surface area contributed by atoms with Gasteiger partial charge in [-0.1, -0.05) is 21.6 Å². The van der Waals surface area contributed by atoms with Gasteiger partial charge in [0.15, 0.2) is 0 Å². The minimum absolute atomic E-state index is 0.0431. The van der Waals surface area contributed by atoms with Crippen LogP contribution in [0.2, 0.25) is 5.02 Å². The summed E-state index contributed by atoms with van der Waals surface area (Å²) >= 11 is 6.02. The molecule has 0 aromatic heterocycles. The molecule has 0 aliphatic carbocycles. The molecule has 1 N–H and O–H groups in total. The quantitative estimate of drug-likeness (QED) is 0.851. The molecule has 1 fully saturated rings. The molecule has 0 atom stereocenters. The Labute approximate surface area is 134 Å². The van der Waals surface area contributed by atoms with Gasteiger partial charge in [-0.25, -0.2) is 0 Å². The standard InChI is InChI=1S/C14H18ClFN2O3S/c1-10-2-3-12(15)13(8-10)17-14(19)9-11-4-6-18(7-5-11)22(16,20)21/h2-3,8,11H,4-7,9H2,1H3,(H,17,19). The lowest BCUT2D eigenvalue weighted by Crippen LogP contribution is -2.37. The SMILES string of the molecule is Cc1ccc(Cl)c(NC(=O)CC2CCN(S(=O)(=O)F)CC2)c1. The van der Waals surface area contributed by atoms with E-state index in [0.29, 0.717) is 23.6 Å². The maximum absolute atomic E-state index is 12.8. The van der Waals surface area contributed by atoms with Crippen LogP contribution in [0, 0.1) is 12.8 Å². The topological polar surface area (TPSA) is 66.5 Å². The van der Waals surface area contributed by atoms with Gasteiger partial charge in [-0.15, -0.1) is 0 Å². The maximum Gasteiger partial charge on any atom is 0.374 e. The van der Waals surface area contributed by atoms with Crippen LogP contribution in [0.25, 0.3) is 0 Å². The molecule has 0 saturated carbocycles. The first kappa shape index (κ1) is 17.2. The summed E-state index contributed by atoms with van der Waals surface area (Å²) in [5.41, 5.74) is 1.55. The lowest BCUT2D eigenvalue weighted by molar-refractivity contribution is -0.117. The molecule has 0 bridgehead atoms. The third-order valence-electron chi connectivity index (χ3n) is 3.75. The molecular weight excluding hydrogens is 331 g/mol. The smallest absolute Gasteiger partial charge is 0.325 e. The number of hydrogen-bond acceptors (Lipinski definition) is 3. The number of carbonyl (C=O) groups excluding carboxylic acids is 1. The molecule has 22 heavy (non-hydrogen) atoms. The predicted molar refractivity (Wildman–Crippen MR) is 83.8 cm³/mol. The Balaban J connectivity index is 1.87. The zero-order valence-corrected chi connectivity index (χ0v) is 13.8. The first-order valence-electron chi connectivity index (χ1n) is 7.01. The van der Waals surface area contributed by atoms with Crippen LogP contribution in [-0.2, 0) is 15.2 Å². The summed E-state index contributed by atoms with van der Waals surface area (Å²) in [5, 5.41) is 3.23. The van der Waals surface area contributed by atoms with Crippen LogP contribution in [0.1, 0.15) is 24.8 Å². The molecule has 0 unspecified atom stereocenters. The number of anilines is 1. The number of benzene rings is 1.